The van der Waals surface area contributed by atoms with E-state index < -0.39 is 11.5 Å². The highest BCUT2D eigenvalue weighted by Crippen LogP contribution is 2.26. The Morgan fingerprint density at radius 3 is 2.82 bits per heavy atom. The highest BCUT2D eigenvalue weighted by atomic mass is 16.4. The van der Waals surface area contributed by atoms with E-state index in [4.69, 9.17) is 0 Å². The van der Waals surface area contributed by atoms with Gasteiger partial charge < -0.3 is 5.11 Å². The van der Waals surface area contributed by atoms with E-state index in [1.807, 2.05) is 0 Å². The molecule has 22 heavy (non-hydrogen) atoms. The smallest absolute Gasteiger partial charge is 0.331 e. The van der Waals surface area contributed by atoms with Crippen LogP contribution in [0, 0.1) is 5.92 Å². The summed E-state index contributed by atoms with van der Waals surface area (Å²) in [5.41, 5.74) is 0.482. The molecule has 2 heterocycles. The van der Waals surface area contributed by atoms with Gasteiger partial charge in [0, 0.05) is 18.0 Å². The summed E-state index contributed by atoms with van der Waals surface area (Å²) in [4.78, 5) is 19.8. The molecule has 0 aliphatic carbocycles. The van der Waals surface area contributed by atoms with Crippen molar-refractivity contribution >= 4 is 5.97 Å². The van der Waals surface area contributed by atoms with Crippen molar-refractivity contribution < 1.29 is 9.90 Å². The van der Waals surface area contributed by atoms with Crippen LogP contribution in [0.3, 0.4) is 0 Å². The van der Waals surface area contributed by atoms with Crippen molar-refractivity contribution in [3.63, 3.8) is 0 Å². The molecule has 0 radical (unpaired) electrons. The summed E-state index contributed by atoms with van der Waals surface area (Å²) >= 11 is 0. The van der Waals surface area contributed by atoms with Crippen LogP contribution in [0.25, 0.3) is 11.3 Å². The molecule has 0 spiro atoms. The van der Waals surface area contributed by atoms with Gasteiger partial charge >= 0.3 is 5.97 Å². The molecule has 6 nitrogen and oxygen atoms in total. The molecule has 118 valence electrons. The standard InChI is InChI=1S/C16H22N4O2/c1-12(2)5-4-7-16(3,15(21)22)20-10-13(9-19-20)14-6-8-17-11-18-14/h6,8-12H,4-5,7H2,1-3H3,(H,21,22). The Bertz CT molecular complexity index is 624. The molecular formula is C16H22N4O2. The van der Waals surface area contributed by atoms with Crippen molar-refractivity contribution in [3.8, 4) is 11.3 Å². The Hall–Kier alpha value is -2.24. The second kappa shape index (κ2) is 6.68. The first-order valence-corrected chi connectivity index (χ1v) is 7.48. The first kappa shape index (κ1) is 16.1. The SMILES string of the molecule is CC(C)CCCC(C)(C(=O)O)n1cc(-c2ccncn2)cn1. The summed E-state index contributed by atoms with van der Waals surface area (Å²) in [6, 6.07) is 1.78. The van der Waals surface area contributed by atoms with Crippen LogP contribution < -0.4 is 0 Å². The Kier molecular flexibility index (Phi) is 4.90. The molecule has 0 bridgehead atoms. The van der Waals surface area contributed by atoms with Gasteiger partial charge in [0.2, 0.25) is 0 Å². The summed E-state index contributed by atoms with van der Waals surface area (Å²) < 4.78 is 1.53. The molecule has 2 aromatic heterocycles. The minimum atomic E-state index is -1.04. The van der Waals surface area contributed by atoms with Crippen LogP contribution in [-0.2, 0) is 10.3 Å². The number of carbonyl (C=O) groups is 1. The maximum Gasteiger partial charge on any atom is 0.331 e. The van der Waals surface area contributed by atoms with Crippen LogP contribution in [0.2, 0.25) is 0 Å². The van der Waals surface area contributed by atoms with Crippen molar-refractivity contribution in [2.45, 2.75) is 45.6 Å². The van der Waals surface area contributed by atoms with Gasteiger partial charge in [-0.05, 0) is 25.3 Å². The molecule has 0 aliphatic heterocycles. The molecule has 6 heteroatoms. The van der Waals surface area contributed by atoms with Crippen molar-refractivity contribution in [1.29, 1.82) is 0 Å². The quantitative estimate of drug-likeness (QED) is 0.850. The van der Waals surface area contributed by atoms with Crippen LogP contribution in [0.5, 0.6) is 0 Å². The number of carboxylic acids is 1. The third kappa shape index (κ3) is 3.50. The molecule has 0 aliphatic rings. The Balaban J connectivity index is 2.22. The highest BCUT2D eigenvalue weighted by molar-refractivity contribution is 5.76. The van der Waals surface area contributed by atoms with Crippen molar-refractivity contribution in [3.05, 3.63) is 31.0 Å². The van der Waals surface area contributed by atoms with Gasteiger partial charge in [-0.3, -0.25) is 4.68 Å². The van der Waals surface area contributed by atoms with E-state index in [9.17, 15) is 9.90 Å². The summed E-state index contributed by atoms with van der Waals surface area (Å²) in [6.07, 6.45) is 8.90. The maximum atomic E-state index is 11.8. The molecular weight excluding hydrogens is 280 g/mol. The minimum absolute atomic E-state index is 0.547. The predicted molar refractivity (Wildman–Crippen MR) is 83.2 cm³/mol. The number of rotatable bonds is 7. The van der Waals surface area contributed by atoms with Gasteiger partial charge in [-0.15, -0.1) is 0 Å². The van der Waals surface area contributed by atoms with E-state index in [1.165, 1.54) is 11.0 Å². The van der Waals surface area contributed by atoms with Crippen LogP contribution in [0.1, 0.15) is 40.0 Å². The van der Waals surface area contributed by atoms with Crippen molar-refractivity contribution in [1.82, 2.24) is 19.7 Å². The Morgan fingerprint density at radius 2 is 2.23 bits per heavy atom. The first-order valence-electron chi connectivity index (χ1n) is 7.48. The number of hydrogen-bond acceptors (Lipinski definition) is 4. The van der Waals surface area contributed by atoms with Gasteiger partial charge in [0.1, 0.15) is 6.33 Å². The fourth-order valence-electron chi connectivity index (χ4n) is 2.36. The molecule has 2 rings (SSSR count). The number of carboxylic acid groups (broad SMARTS) is 1. The van der Waals surface area contributed by atoms with Crippen molar-refractivity contribution in [2.75, 3.05) is 0 Å². The third-order valence-corrected chi connectivity index (χ3v) is 3.87. The van der Waals surface area contributed by atoms with Gasteiger partial charge in [-0.2, -0.15) is 5.10 Å². The van der Waals surface area contributed by atoms with Gasteiger partial charge in [0.15, 0.2) is 5.54 Å². The summed E-state index contributed by atoms with van der Waals surface area (Å²) in [5.74, 6) is -0.305. The first-order chi connectivity index (χ1) is 10.4. The van der Waals surface area contributed by atoms with Gasteiger partial charge in [0.25, 0.3) is 0 Å². The highest BCUT2D eigenvalue weighted by Gasteiger charge is 2.35. The molecule has 1 atom stereocenters. The fraction of sp³-hybridized carbons (Fsp3) is 0.500. The van der Waals surface area contributed by atoms with Gasteiger partial charge in [-0.1, -0.05) is 26.7 Å². The van der Waals surface area contributed by atoms with Crippen LogP contribution in [-0.4, -0.2) is 30.8 Å². The second-order valence-electron chi connectivity index (χ2n) is 6.13. The zero-order valence-electron chi connectivity index (χ0n) is 13.2. The largest absolute Gasteiger partial charge is 0.479 e. The third-order valence-electron chi connectivity index (χ3n) is 3.87. The monoisotopic (exact) mass is 302 g/mol. The minimum Gasteiger partial charge on any atom is -0.479 e. The second-order valence-corrected chi connectivity index (χ2v) is 6.13. The average molecular weight is 302 g/mol. The normalized spacial score (nSPS) is 14.0. The number of nitrogens with zero attached hydrogens (tertiary/aromatic N) is 4. The van der Waals surface area contributed by atoms with E-state index in [0.29, 0.717) is 12.3 Å². The van der Waals surface area contributed by atoms with E-state index in [1.54, 1.807) is 31.6 Å². The molecule has 1 unspecified atom stereocenters. The number of hydrogen-bond donors (Lipinski definition) is 1. The van der Waals surface area contributed by atoms with Crippen LogP contribution >= 0.6 is 0 Å². The fourth-order valence-corrected chi connectivity index (χ4v) is 2.36. The zero-order valence-corrected chi connectivity index (χ0v) is 13.2. The molecule has 0 saturated heterocycles. The lowest BCUT2D eigenvalue weighted by molar-refractivity contribution is -0.147. The van der Waals surface area contributed by atoms with Crippen molar-refractivity contribution in [2.24, 2.45) is 5.92 Å². The maximum absolute atomic E-state index is 11.8. The lowest BCUT2D eigenvalue weighted by atomic mass is 9.93. The number of aromatic nitrogens is 4. The molecule has 0 amide bonds. The van der Waals surface area contributed by atoms with E-state index in [0.717, 1.165) is 24.1 Å². The molecule has 0 aromatic carbocycles. The molecule has 0 fully saturated rings. The predicted octanol–water partition coefficient (Wildman–Crippen LogP) is 2.97. The average Bonchev–Trinajstić information content (AvgIpc) is 2.97. The van der Waals surface area contributed by atoms with E-state index >= 15 is 0 Å². The number of aliphatic carboxylic acids is 1. The lowest BCUT2D eigenvalue weighted by Gasteiger charge is -2.25. The molecule has 0 saturated carbocycles. The van der Waals surface area contributed by atoms with Gasteiger partial charge in [-0.25, -0.2) is 14.8 Å². The van der Waals surface area contributed by atoms with Crippen LogP contribution in [0.4, 0.5) is 0 Å². The lowest BCUT2D eigenvalue weighted by Crippen LogP contribution is -2.39. The topological polar surface area (TPSA) is 80.9 Å². The van der Waals surface area contributed by atoms with Gasteiger partial charge in [0.05, 0.1) is 11.9 Å². The molecule has 2 aromatic rings. The molecule has 1 N–H and O–H groups in total. The summed E-state index contributed by atoms with van der Waals surface area (Å²) in [7, 11) is 0. The van der Waals surface area contributed by atoms with E-state index in [-0.39, 0.29) is 0 Å². The summed E-state index contributed by atoms with van der Waals surface area (Å²) in [5, 5.41) is 13.9. The van der Waals surface area contributed by atoms with E-state index in [2.05, 4.69) is 28.9 Å². The Labute approximate surface area is 130 Å². The Morgan fingerprint density at radius 1 is 1.45 bits per heavy atom. The zero-order chi connectivity index (χ0) is 16.2. The summed E-state index contributed by atoms with van der Waals surface area (Å²) in [6.45, 7) is 5.99. The van der Waals surface area contributed by atoms with Crippen LogP contribution in [0.15, 0.2) is 31.0 Å².